The molecule has 19 heavy (non-hydrogen) atoms. The third-order valence-electron chi connectivity index (χ3n) is 5.41. The fourth-order valence-corrected chi connectivity index (χ4v) is 3.86. The summed E-state index contributed by atoms with van der Waals surface area (Å²) in [5, 5.41) is 0. The van der Waals surface area contributed by atoms with Crippen LogP contribution in [0, 0.1) is 17.3 Å². The van der Waals surface area contributed by atoms with Crippen LogP contribution in [0.25, 0.3) is 0 Å². The standard InChI is InChI=1S/C16H30N2O/c1-12(2)14-5-4-10-18(14)15(19)16(11-17)8-6-13(3)7-9-16/h12-14H,4-11,17H2,1-3H3. The maximum atomic E-state index is 13.0. The van der Waals surface area contributed by atoms with Crippen molar-refractivity contribution in [3.05, 3.63) is 0 Å². The molecule has 1 atom stereocenters. The van der Waals surface area contributed by atoms with Crippen LogP contribution in [-0.4, -0.2) is 29.9 Å². The van der Waals surface area contributed by atoms with E-state index in [0.29, 0.717) is 24.4 Å². The summed E-state index contributed by atoms with van der Waals surface area (Å²) in [5.41, 5.74) is 5.78. The number of likely N-dealkylation sites (tertiary alicyclic amines) is 1. The molecule has 0 bridgehead atoms. The summed E-state index contributed by atoms with van der Waals surface area (Å²) in [6, 6.07) is 0.440. The molecule has 2 rings (SSSR count). The zero-order chi connectivity index (χ0) is 14.0. The predicted octanol–water partition coefficient (Wildman–Crippen LogP) is 2.79. The van der Waals surface area contributed by atoms with Crippen LogP contribution in [0.4, 0.5) is 0 Å². The van der Waals surface area contributed by atoms with Crippen molar-refractivity contribution < 1.29 is 4.79 Å². The van der Waals surface area contributed by atoms with E-state index >= 15 is 0 Å². The Hall–Kier alpha value is -0.570. The average molecular weight is 266 g/mol. The highest BCUT2D eigenvalue weighted by molar-refractivity contribution is 5.83. The van der Waals surface area contributed by atoms with Gasteiger partial charge in [0.25, 0.3) is 0 Å². The van der Waals surface area contributed by atoms with Crippen molar-refractivity contribution in [3.63, 3.8) is 0 Å². The summed E-state index contributed by atoms with van der Waals surface area (Å²) in [5.74, 6) is 1.67. The zero-order valence-corrected chi connectivity index (χ0v) is 12.8. The van der Waals surface area contributed by atoms with Crippen LogP contribution in [0.15, 0.2) is 0 Å². The van der Waals surface area contributed by atoms with Crippen molar-refractivity contribution in [3.8, 4) is 0 Å². The number of rotatable bonds is 3. The first-order valence-electron chi connectivity index (χ1n) is 8.01. The highest BCUT2D eigenvalue weighted by atomic mass is 16.2. The van der Waals surface area contributed by atoms with Gasteiger partial charge in [0, 0.05) is 19.1 Å². The fourth-order valence-electron chi connectivity index (χ4n) is 3.86. The maximum absolute atomic E-state index is 13.0. The van der Waals surface area contributed by atoms with Crippen molar-refractivity contribution in [1.82, 2.24) is 4.90 Å². The molecule has 3 nitrogen and oxygen atoms in total. The molecular weight excluding hydrogens is 236 g/mol. The van der Waals surface area contributed by atoms with Crippen molar-refractivity contribution in [2.24, 2.45) is 23.0 Å². The van der Waals surface area contributed by atoms with Crippen LogP contribution in [-0.2, 0) is 4.79 Å². The smallest absolute Gasteiger partial charge is 0.230 e. The Balaban J connectivity index is 2.12. The van der Waals surface area contributed by atoms with Crippen LogP contribution < -0.4 is 5.73 Å². The molecule has 1 heterocycles. The molecule has 2 fully saturated rings. The Bertz CT molecular complexity index is 319. The van der Waals surface area contributed by atoms with E-state index in [1.54, 1.807) is 0 Å². The van der Waals surface area contributed by atoms with Crippen molar-refractivity contribution in [1.29, 1.82) is 0 Å². The van der Waals surface area contributed by atoms with Gasteiger partial charge in [-0.2, -0.15) is 0 Å². The lowest BCUT2D eigenvalue weighted by Gasteiger charge is -2.42. The molecule has 1 saturated heterocycles. The molecule has 110 valence electrons. The number of hydrogen-bond donors (Lipinski definition) is 1. The summed E-state index contributed by atoms with van der Waals surface area (Å²) in [6.07, 6.45) is 6.62. The van der Waals surface area contributed by atoms with E-state index in [1.807, 2.05) is 0 Å². The van der Waals surface area contributed by atoms with Gasteiger partial charge in [0.05, 0.1) is 5.41 Å². The van der Waals surface area contributed by atoms with E-state index in [2.05, 4.69) is 25.7 Å². The molecule has 0 aromatic rings. The van der Waals surface area contributed by atoms with Gasteiger partial charge < -0.3 is 10.6 Å². The molecule has 0 radical (unpaired) electrons. The SMILES string of the molecule is CC1CCC(CN)(C(=O)N2CCCC2C(C)C)CC1. The second-order valence-electron chi connectivity index (χ2n) is 7.12. The Morgan fingerprint density at radius 2 is 1.95 bits per heavy atom. The van der Waals surface area contributed by atoms with Gasteiger partial charge in [-0.1, -0.05) is 20.8 Å². The van der Waals surface area contributed by atoms with E-state index in [4.69, 9.17) is 5.73 Å². The molecule has 0 spiro atoms. The van der Waals surface area contributed by atoms with Gasteiger partial charge >= 0.3 is 0 Å². The van der Waals surface area contributed by atoms with Gasteiger partial charge in [-0.05, 0) is 50.4 Å². The normalized spacial score (nSPS) is 35.9. The molecule has 2 N–H and O–H groups in total. The molecular formula is C16H30N2O. The predicted molar refractivity (Wildman–Crippen MR) is 78.7 cm³/mol. The monoisotopic (exact) mass is 266 g/mol. The van der Waals surface area contributed by atoms with Crippen LogP contribution in [0.2, 0.25) is 0 Å². The second kappa shape index (κ2) is 5.82. The fraction of sp³-hybridized carbons (Fsp3) is 0.938. The Kier molecular flexibility index (Phi) is 4.54. The first-order chi connectivity index (χ1) is 9.00. The summed E-state index contributed by atoms with van der Waals surface area (Å²) >= 11 is 0. The van der Waals surface area contributed by atoms with E-state index < -0.39 is 0 Å². The van der Waals surface area contributed by atoms with Crippen LogP contribution in [0.3, 0.4) is 0 Å². The van der Waals surface area contributed by atoms with E-state index in [9.17, 15) is 4.79 Å². The van der Waals surface area contributed by atoms with Gasteiger partial charge in [-0.3, -0.25) is 4.79 Å². The third kappa shape index (κ3) is 2.81. The Labute approximate surface area is 117 Å². The third-order valence-corrected chi connectivity index (χ3v) is 5.41. The summed E-state index contributed by atoms with van der Waals surface area (Å²) in [6.45, 7) is 8.22. The van der Waals surface area contributed by atoms with Crippen molar-refractivity contribution in [2.45, 2.75) is 65.3 Å². The van der Waals surface area contributed by atoms with Gasteiger partial charge in [-0.15, -0.1) is 0 Å². The number of carbonyl (C=O) groups is 1. The lowest BCUT2D eigenvalue weighted by Crippen LogP contribution is -2.52. The Morgan fingerprint density at radius 1 is 1.32 bits per heavy atom. The first-order valence-corrected chi connectivity index (χ1v) is 8.01. The quantitative estimate of drug-likeness (QED) is 0.854. The molecule has 0 aromatic heterocycles. The number of nitrogens with zero attached hydrogens (tertiary/aromatic N) is 1. The zero-order valence-electron chi connectivity index (χ0n) is 12.8. The summed E-state index contributed by atoms with van der Waals surface area (Å²) < 4.78 is 0. The molecule has 1 amide bonds. The largest absolute Gasteiger partial charge is 0.339 e. The lowest BCUT2D eigenvalue weighted by molar-refractivity contribution is -0.145. The highest BCUT2D eigenvalue weighted by Gasteiger charge is 2.45. The van der Waals surface area contributed by atoms with E-state index in [1.165, 1.54) is 6.42 Å². The van der Waals surface area contributed by atoms with Crippen LogP contribution >= 0.6 is 0 Å². The number of hydrogen-bond acceptors (Lipinski definition) is 2. The lowest BCUT2D eigenvalue weighted by atomic mass is 9.69. The topological polar surface area (TPSA) is 46.3 Å². The van der Waals surface area contributed by atoms with Gasteiger partial charge in [0.15, 0.2) is 0 Å². The number of amides is 1. The highest BCUT2D eigenvalue weighted by Crippen LogP contribution is 2.41. The summed E-state index contributed by atoms with van der Waals surface area (Å²) in [7, 11) is 0. The molecule has 1 aliphatic carbocycles. The summed E-state index contributed by atoms with van der Waals surface area (Å²) in [4.78, 5) is 15.2. The molecule has 2 aliphatic rings. The van der Waals surface area contributed by atoms with Gasteiger partial charge in [0.1, 0.15) is 0 Å². The minimum Gasteiger partial charge on any atom is -0.339 e. The molecule has 3 heteroatoms. The van der Waals surface area contributed by atoms with Gasteiger partial charge in [-0.25, -0.2) is 0 Å². The molecule has 0 aromatic carbocycles. The van der Waals surface area contributed by atoms with E-state index in [0.717, 1.165) is 44.6 Å². The second-order valence-corrected chi connectivity index (χ2v) is 7.12. The molecule has 1 saturated carbocycles. The minimum atomic E-state index is -0.246. The maximum Gasteiger partial charge on any atom is 0.230 e. The number of nitrogens with two attached hydrogens (primary N) is 1. The van der Waals surface area contributed by atoms with E-state index in [-0.39, 0.29) is 5.41 Å². The number of carbonyl (C=O) groups excluding carboxylic acids is 1. The van der Waals surface area contributed by atoms with Crippen LogP contribution in [0.5, 0.6) is 0 Å². The molecule has 1 aliphatic heterocycles. The van der Waals surface area contributed by atoms with Crippen molar-refractivity contribution in [2.75, 3.05) is 13.1 Å². The Morgan fingerprint density at radius 3 is 2.47 bits per heavy atom. The van der Waals surface area contributed by atoms with Crippen molar-refractivity contribution >= 4 is 5.91 Å². The first kappa shape index (κ1) is 14.8. The minimum absolute atomic E-state index is 0.246. The van der Waals surface area contributed by atoms with Gasteiger partial charge in [0.2, 0.25) is 5.91 Å². The average Bonchev–Trinajstić information content (AvgIpc) is 2.88. The van der Waals surface area contributed by atoms with Crippen LogP contribution in [0.1, 0.15) is 59.3 Å². The molecule has 1 unspecified atom stereocenters.